The summed E-state index contributed by atoms with van der Waals surface area (Å²) in [6.45, 7) is 11.0. The number of hydrogen-bond acceptors (Lipinski definition) is 0. The van der Waals surface area contributed by atoms with Crippen LogP contribution in [-0.2, 0) is 0 Å². The molecular formula is C17H35. The first-order chi connectivity index (χ1) is 8.12. The minimum atomic E-state index is 0.531. The van der Waals surface area contributed by atoms with Gasteiger partial charge in [0.15, 0.2) is 0 Å². The molecule has 103 valence electrons. The highest BCUT2D eigenvalue weighted by Crippen LogP contribution is 2.29. The van der Waals surface area contributed by atoms with Gasteiger partial charge in [0.25, 0.3) is 0 Å². The molecule has 0 heterocycles. The third-order valence-electron chi connectivity index (χ3n) is 3.81. The molecule has 0 atom stereocenters. The van der Waals surface area contributed by atoms with E-state index in [0.717, 1.165) is 6.42 Å². The lowest BCUT2D eigenvalue weighted by molar-refractivity contribution is 0.296. The Morgan fingerprint density at radius 2 is 1.18 bits per heavy atom. The second kappa shape index (κ2) is 11.1. The van der Waals surface area contributed by atoms with Gasteiger partial charge in [0, 0.05) is 0 Å². The van der Waals surface area contributed by atoms with Crippen molar-refractivity contribution < 1.29 is 0 Å². The van der Waals surface area contributed by atoms with E-state index in [1.807, 2.05) is 0 Å². The van der Waals surface area contributed by atoms with Crippen LogP contribution in [0.5, 0.6) is 0 Å². The van der Waals surface area contributed by atoms with Gasteiger partial charge in [-0.15, -0.1) is 0 Å². The quantitative estimate of drug-likeness (QED) is 0.339. The second-order valence-corrected chi connectivity index (χ2v) is 6.35. The van der Waals surface area contributed by atoms with E-state index in [0.29, 0.717) is 5.41 Å². The first kappa shape index (κ1) is 17.0. The maximum atomic E-state index is 3.96. The van der Waals surface area contributed by atoms with Gasteiger partial charge >= 0.3 is 0 Å². The molecule has 0 heteroatoms. The van der Waals surface area contributed by atoms with Crippen LogP contribution in [0.3, 0.4) is 0 Å². The van der Waals surface area contributed by atoms with Crippen molar-refractivity contribution in [3.05, 3.63) is 6.92 Å². The molecule has 17 heavy (non-hydrogen) atoms. The van der Waals surface area contributed by atoms with Crippen molar-refractivity contribution in [2.45, 2.75) is 97.8 Å². The molecule has 1 radical (unpaired) electrons. The van der Waals surface area contributed by atoms with E-state index in [9.17, 15) is 0 Å². The highest BCUT2D eigenvalue weighted by molar-refractivity contribution is 4.69. The lowest BCUT2D eigenvalue weighted by Gasteiger charge is -2.23. The first-order valence-corrected chi connectivity index (χ1v) is 7.91. The van der Waals surface area contributed by atoms with Crippen LogP contribution in [0.15, 0.2) is 0 Å². The van der Waals surface area contributed by atoms with Crippen LogP contribution in [0.1, 0.15) is 97.8 Å². The third-order valence-corrected chi connectivity index (χ3v) is 3.81. The molecule has 0 nitrogen and oxygen atoms in total. The molecule has 0 aromatic rings. The van der Waals surface area contributed by atoms with Gasteiger partial charge in [-0.3, -0.25) is 0 Å². The van der Waals surface area contributed by atoms with Gasteiger partial charge in [-0.2, -0.15) is 0 Å². The van der Waals surface area contributed by atoms with Crippen LogP contribution >= 0.6 is 0 Å². The summed E-state index contributed by atoms with van der Waals surface area (Å²) in [5.41, 5.74) is 0.531. The summed E-state index contributed by atoms with van der Waals surface area (Å²) in [7, 11) is 0. The van der Waals surface area contributed by atoms with Crippen LogP contribution in [-0.4, -0.2) is 0 Å². The molecule has 0 rings (SSSR count). The minimum absolute atomic E-state index is 0.531. The SMILES string of the molecule is [CH2]CCC(C)(C)CCCCCCCCCCC. The molecular weight excluding hydrogens is 204 g/mol. The van der Waals surface area contributed by atoms with Crippen LogP contribution in [0.25, 0.3) is 0 Å². The number of rotatable bonds is 12. The molecule has 0 saturated heterocycles. The first-order valence-electron chi connectivity index (χ1n) is 7.91. The summed E-state index contributed by atoms with van der Waals surface area (Å²) < 4.78 is 0. The molecule has 0 unspecified atom stereocenters. The third kappa shape index (κ3) is 12.2. The van der Waals surface area contributed by atoms with E-state index in [2.05, 4.69) is 27.7 Å². The second-order valence-electron chi connectivity index (χ2n) is 6.35. The van der Waals surface area contributed by atoms with Crippen molar-refractivity contribution in [1.29, 1.82) is 0 Å². The van der Waals surface area contributed by atoms with Crippen LogP contribution in [0.2, 0.25) is 0 Å². The average molecular weight is 239 g/mol. The van der Waals surface area contributed by atoms with E-state index < -0.39 is 0 Å². The molecule has 0 saturated carbocycles. The molecule has 0 fully saturated rings. The van der Waals surface area contributed by atoms with E-state index in [4.69, 9.17) is 0 Å². The molecule has 0 aliphatic rings. The highest BCUT2D eigenvalue weighted by Gasteiger charge is 2.15. The van der Waals surface area contributed by atoms with Crippen molar-refractivity contribution in [3.63, 3.8) is 0 Å². The standard InChI is InChI=1S/C17H35/c1-5-7-8-9-10-11-12-13-14-16-17(3,4)15-6-2/h2,5-16H2,1,3-4H3. The van der Waals surface area contributed by atoms with Crippen LogP contribution < -0.4 is 0 Å². The molecule has 0 aliphatic carbocycles. The van der Waals surface area contributed by atoms with E-state index in [1.54, 1.807) is 0 Å². The molecule has 0 aromatic heterocycles. The van der Waals surface area contributed by atoms with Gasteiger partial charge in [0.1, 0.15) is 0 Å². The zero-order valence-corrected chi connectivity index (χ0v) is 12.7. The Balaban J connectivity index is 3.18. The van der Waals surface area contributed by atoms with Gasteiger partial charge in [0.05, 0.1) is 0 Å². The number of unbranched alkanes of at least 4 members (excludes halogenated alkanes) is 8. The summed E-state index contributed by atoms with van der Waals surface area (Å²) in [4.78, 5) is 0. The van der Waals surface area contributed by atoms with Crippen molar-refractivity contribution in [2.24, 2.45) is 5.41 Å². The van der Waals surface area contributed by atoms with Crippen molar-refractivity contribution in [3.8, 4) is 0 Å². The van der Waals surface area contributed by atoms with E-state index in [-0.39, 0.29) is 0 Å². The average Bonchev–Trinajstić information content (AvgIpc) is 2.27. The van der Waals surface area contributed by atoms with Crippen molar-refractivity contribution >= 4 is 0 Å². The Labute approximate surface area is 111 Å². The monoisotopic (exact) mass is 239 g/mol. The fraction of sp³-hybridized carbons (Fsp3) is 0.941. The summed E-state index contributed by atoms with van der Waals surface area (Å²) in [6.07, 6.45) is 16.7. The Morgan fingerprint density at radius 1 is 0.706 bits per heavy atom. The lowest BCUT2D eigenvalue weighted by Crippen LogP contribution is -2.10. The molecule has 0 bridgehead atoms. The Hall–Kier alpha value is 0. The molecule has 0 aliphatic heterocycles. The maximum Gasteiger partial charge on any atom is -0.0354 e. The zero-order chi connectivity index (χ0) is 13.0. The summed E-state index contributed by atoms with van der Waals surface area (Å²) >= 11 is 0. The Kier molecular flexibility index (Phi) is 11.1. The predicted molar refractivity (Wildman–Crippen MR) is 80.2 cm³/mol. The zero-order valence-electron chi connectivity index (χ0n) is 12.7. The molecule has 0 spiro atoms. The summed E-state index contributed by atoms with van der Waals surface area (Å²) in [5, 5.41) is 0. The summed E-state index contributed by atoms with van der Waals surface area (Å²) in [6, 6.07) is 0. The van der Waals surface area contributed by atoms with E-state index >= 15 is 0 Å². The largest absolute Gasteiger partial charge is 0.0654 e. The smallest absolute Gasteiger partial charge is 0.0354 e. The van der Waals surface area contributed by atoms with Crippen LogP contribution in [0, 0.1) is 12.3 Å². The van der Waals surface area contributed by atoms with Gasteiger partial charge in [0.2, 0.25) is 0 Å². The minimum Gasteiger partial charge on any atom is -0.0654 e. The fourth-order valence-corrected chi connectivity index (χ4v) is 2.52. The van der Waals surface area contributed by atoms with Gasteiger partial charge in [-0.1, -0.05) is 91.9 Å². The van der Waals surface area contributed by atoms with Crippen LogP contribution in [0.4, 0.5) is 0 Å². The van der Waals surface area contributed by atoms with E-state index in [1.165, 1.54) is 70.6 Å². The topological polar surface area (TPSA) is 0 Å². The van der Waals surface area contributed by atoms with Crippen molar-refractivity contribution in [2.75, 3.05) is 0 Å². The normalized spacial score (nSPS) is 12.0. The van der Waals surface area contributed by atoms with Crippen molar-refractivity contribution in [1.82, 2.24) is 0 Å². The van der Waals surface area contributed by atoms with Gasteiger partial charge < -0.3 is 0 Å². The number of hydrogen-bond donors (Lipinski definition) is 0. The predicted octanol–water partition coefficient (Wildman–Crippen LogP) is 6.55. The summed E-state index contributed by atoms with van der Waals surface area (Å²) in [5.74, 6) is 0. The van der Waals surface area contributed by atoms with Gasteiger partial charge in [-0.25, -0.2) is 0 Å². The molecule has 0 aromatic carbocycles. The van der Waals surface area contributed by atoms with Gasteiger partial charge in [-0.05, 0) is 18.3 Å². The maximum absolute atomic E-state index is 3.96. The Bertz CT molecular complexity index is 146. The molecule has 0 N–H and O–H groups in total. The lowest BCUT2D eigenvalue weighted by atomic mass is 9.83. The fourth-order valence-electron chi connectivity index (χ4n) is 2.52. The Morgan fingerprint density at radius 3 is 1.65 bits per heavy atom. The highest BCUT2D eigenvalue weighted by atomic mass is 14.2. The molecule has 0 amide bonds.